The molecule has 0 N–H and O–H groups in total. The number of hydrogen-bond donors (Lipinski definition) is 0. The zero-order valence-electron chi connectivity index (χ0n) is 6.86. The molecule has 2 rings (SSSR count). The van der Waals surface area contributed by atoms with Crippen LogP contribution in [0.15, 0.2) is 24.5 Å². The van der Waals surface area contributed by atoms with Gasteiger partial charge in [-0.25, -0.2) is 0 Å². The molecule has 0 aliphatic rings. The first-order valence-electron chi connectivity index (χ1n) is 3.97. The molecular formula is C9H9N3. The maximum atomic E-state index is 4.22. The van der Waals surface area contributed by atoms with E-state index in [2.05, 4.69) is 22.1 Å². The fraction of sp³-hybridized carbons (Fsp3) is 0.222. The summed E-state index contributed by atoms with van der Waals surface area (Å²) >= 11 is 0. The van der Waals surface area contributed by atoms with Gasteiger partial charge in [0.05, 0.1) is 11.9 Å². The van der Waals surface area contributed by atoms with Crippen molar-refractivity contribution in [2.75, 3.05) is 0 Å². The Kier molecular flexibility index (Phi) is 1.70. The summed E-state index contributed by atoms with van der Waals surface area (Å²) in [7, 11) is 0. The summed E-state index contributed by atoms with van der Waals surface area (Å²) in [5.41, 5.74) is 1.93. The second kappa shape index (κ2) is 2.85. The first-order chi connectivity index (χ1) is 5.92. The van der Waals surface area contributed by atoms with Crippen molar-refractivity contribution in [3.8, 4) is 0 Å². The molecule has 12 heavy (non-hydrogen) atoms. The molecule has 0 spiro atoms. The van der Waals surface area contributed by atoms with Gasteiger partial charge in [-0.15, -0.1) is 5.10 Å². The Balaban J connectivity index is 2.79. The van der Waals surface area contributed by atoms with Gasteiger partial charge in [0.25, 0.3) is 0 Å². The molecule has 0 fully saturated rings. The molecule has 3 heteroatoms. The normalized spacial score (nSPS) is 10.4. The maximum Gasteiger partial charge on any atom is 0.114 e. The van der Waals surface area contributed by atoms with Crippen LogP contribution in [-0.2, 0) is 6.42 Å². The lowest BCUT2D eigenvalue weighted by molar-refractivity contribution is 1.00. The van der Waals surface area contributed by atoms with E-state index in [4.69, 9.17) is 0 Å². The SMILES string of the molecule is CCc1nccc2ccnnc12. The molecule has 2 aromatic heterocycles. The molecule has 0 aromatic carbocycles. The molecule has 2 heterocycles. The average molecular weight is 159 g/mol. The largest absolute Gasteiger partial charge is 0.259 e. The van der Waals surface area contributed by atoms with Crippen molar-refractivity contribution in [2.24, 2.45) is 0 Å². The summed E-state index contributed by atoms with van der Waals surface area (Å²) in [6, 6.07) is 3.90. The zero-order valence-corrected chi connectivity index (χ0v) is 6.86. The highest BCUT2D eigenvalue weighted by atomic mass is 15.1. The summed E-state index contributed by atoms with van der Waals surface area (Å²) in [4.78, 5) is 4.22. The molecule has 2 aromatic rings. The van der Waals surface area contributed by atoms with Gasteiger partial charge >= 0.3 is 0 Å². The van der Waals surface area contributed by atoms with Crippen LogP contribution in [0.3, 0.4) is 0 Å². The summed E-state index contributed by atoms with van der Waals surface area (Å²) in [6.07, 6.45) is 4.40. The highest BCUT2D eigenvalue weighted by Crippen LogP contribution is 2.12. The quantitative estimate of drug-likeness (QED) is 0.634. The maximum absolute atomic E-state index is 4.22. The molecule has 0 aliphatic heterocycles. The molecule has 60 valence electrons. The molecule has 0 aliphatic carbocycles. The molecule has 0 bridgehead atoms. The van der Waals surface area contributed by atoms with Crippen LogP contribution < -0.4 is 0 Å². The smallest absolute Gasteiger partial charge is 0.114 e. The number of aromatic nitrogens is 3. The third-order valence-electron chi connectivity index (χ3n) is 1.84. The molecule has 0 saturated carbocycles. The number of pyridine rings is 1. The van der Waals surface area contributed by atoms with Gasteiger partial charge in [-0.2, -0.15) is 5.10 Å². The highest BCUT2D eigenvalue weighted by Gasteiger charge is 1.99. The third kappa shape index (κ3) is 1.03. The Bertz CT molecular complexity index is 392. The van der Waals surface area contributed by atoms with Crippen molar-refractivity contribution >= 4 is 10.9 Å². The van der Waals surface area contributed by atoms with Crippen molar-refractivity contribution < 1.29 is 0 Å². The Morgan fingerprint density at radius 1 is 1.25 bits per heavy atom. The van der Waals surface area contributed by atoms with Crippen LogP contribution in [-0.4, -0.2) is 15.2 Å². The standard InChI is InChI=1S/C9H9N3/c1-2-8-9-7(3-5-10-8)4-6-11-12-9/h3-6H,2H2,1H3. The van der Waals surface area contributed by atoms with E-state index < -0.39 is 0 Å². The van der Waals surface area contributed by atoms with Gasteiger partial charge in [0.2, 0.25) is 0 Å². The second-order valence-electron chi connectivity index (χ2n) is 2.58. The summed E-state index contributed by atoms with van der Waals surface area (Å²) in [5, 5.41) is 8.98. The minimum Gasteiger partial charge on any atom is -0.259 e. The van der Waals surface area contributed by atoms with Gasteiger partial charge in [0, 0.05) is 11.6 Å². The first-order valence-corrected chi connectivity index (χ1v) is 3.97. The van der Waals surface area contributed by atoms with Crippen molar-refractivity contribution in [1.82, 2.24) is 15.2 Å². The lowest BCUT2D eigenvalue weighted by Crippen LogP contribution is -1.92. The second-order valence-corrected chi connectivity index (χ2v) is 2.58. The number of aryl methyl sites for hydroxylation is 1. The molecular weight excluding hydrogens is 150 g/mol. The van der Waals surface area contributed by atoms with Crippen LogP contribution in [0.2, 0.25) is 0 Å². The van der Waals surface area contributed by atoms with Crippen LogP contribution in [0.4, 0.5) is 0 Å². The third-order valence-corrected chi connectivity index (χ3v) is 1.84. The van der Waals surface area contributed by atoms with Crippen molar-refractivity contribution in [3.05, 3.63) is 30.2 Å². The van der Waals surface area contributed by atoms with Crippen LogP contribution in [0, 0.1) is 0 Å². The van der Waals surface area contributed by atoms with Crippen LogP contribution in [0.5, 0.6) is 0 Å². The Hall–Kier alpha value is -1.51. The molecule has 3 nitrogen and oxygen atoms in total. The molecule has 0 atom stereocenters. The van der Waals surface area contributed by atoms with Gasteiger partial charge in [0.15, 0.2) is 0 Å². The lowest BCUT2D eigenvalue weighted by Gasteiger charge is -1.98. The monoisotopic (exact) mass is 159 g/mol. The first kappa shape index (κ1) is 7.16. The van der Waals surface area contributed by atoms with E-state index in [1.807, 2.05) is 18.3 Å². The predicted molar refractivity (Wildman–Crippen MR) is 46.7 cm³/mol. The van der Waals surface area contributed by atoms with Crippen LogP contribution >= 0.6 is 0 Å². The van der Waals surface area contributed by atoms with Crippen LogP contribution in [0.25, 0.3) is 10.9 Å². The minimum absolute atomic E-state index is 0.899. The fourth-order valence-corrected chi connectivity index (χ4v) is 1.23. The Morgan fingerprint density at radius 3 is 2.92 bits per heavy atom. The number of fused-ring (bicyclic) bond motifs is 1. The van der Waals surface area contributed by atoms with E-state index in [1.54, 1.807) is 6.20 Å². The van der Waals surface area contributed by atoms with E-state index in [0.29, 0.717) is 0 Å². The molecule has 0 unspecified atom stereocenters. The van der Waals surface area contributed by atoms with Gasteiger partial charge < -0.3 is 0 Å². The van der Waals surface area contributed by atoms with E-state index in [1.165, 1.54) is 0 Å². The van der Waals surface area contributed by atoms with Crippen molar-refractivity contribution in [1.29, 1.82) is 0 Å². The van der Waals surface area contributed by atoms with Gasteiger partial charge in [-0.1, -0.05) is 6.92 Å². The van der Waals surface area contributed by atoms with E-state index in [9.17, 15) is 0 Å². The van der Waals surface area contributed by atoms with Gasteiger partial charge in [-0.05, 0) is 18.6 Å². The average Bonchev–Trinajstić information content (AvgIpc) is 2.17. The molecule has 0 saturated heterocycles. The zero-order chi connectivity index (χ0) is 8.39. The van der Waals surface area contributed by atoms with E-state index in [-0.39, 0.29) is 0 Å². The summed E-state index contributed by atoms with van der Waals surface area (Å²) < 4.78 is 0. The van der Waals surface area contributed by atoms with Gasteiger partial charge in [0.1, 0.15) is 5.52 Å². The number of nitrogens with zero attached hydrogens (tertiary/aromatic N) is 3. The van der Waals surface area contributed by atoms with Crippen molar-refractivity contribution in [2.45, 2.75) is 13.3 Å². The number of rotatable bonds is 1. The molecule has 0 radical (unpaired) electrons. The Labute approximate surface area is 70.5 Å². The summed E-state index contributed by atoms with van der Waals surface area (Å²) in [5.74, 6) is 0. The summed E-state index contributed by atoms with van der Waals surface area (Å²) in [6.45, 7) is 2.07. The number of hydrogen-bond acceptors (Lipinski definition) is 3. The van der Waals surface area contributed by atoms with E-state index >= 15 is 0 Å². The highest BCUT2D eigenvalue weighted by molar-refractivity contribution is 5.79. The van der Waals surface area contributed by atoms with Crippen LogP contribution in [0.1, 0.15) is 12.6 Å². The lowest BCUT2D eigenvalue weighted by atomic mass is 10.2. The predicted octanol–water partition coefficient (Wildman–Crippen LogP) is 1.59. The minimum atomic E-state index is 0.899. The van der Waals surface area contributed by atoms with E-state index in [0.717, 1.165) is 23.0 Å². The Morgan fingerprint density at radius 2 is 2.08 bits per heavy atom. The molecule has 0 amide bonds. The van der Waals surface area contributed by atoms with Gasteiger partial charge in [-0.3, -0.25) is 4.98 Å². The fourth-order valence-electron chi connectivity index (χ4n) is 1.23. The van der Waals surface area contributed by atoms with Crippen molar-refractivity contribution in [3.63, 3.8) is 0 Å². The topological polar surface area (TPSA) is 38.7 Å².